The predicted octanol–water partition coefficient (Wildman–Crippen LogP) is -0.894. The lowest BCUT2D eigenvalue weighted by Crippen LogP contribution is -2.63. The summed E-state index contributed by atoms with van der Waals surface area (Å²) in [6.07, 6.45) is -0.0501. The van der Waals surface area contributed by atoms with Crippen molar-refractivity contribution in [2.45, 2.75) is 43.7 Å². The molecule has 0 unspecified atom stereocenters. The highest BCUT2D eigenvalue weighted by molar-refractivity contribution is 8.03. The monoisotopic (exact) mass is 399 g/mol. The van der Waals surface area contributed by atoms with Gasteiger partial charge in [-0.15, -0.1) is 11.8 Å². The summed E-state index contributed by atoms with van der Waals surface area (Å²) >= 11 is 1.48. The normalized spacial score (nSPS) is 33.8. The number of hydrogen-bond acceptors (Lipinski definition) is 7. The summed E-state index contributed by atoms with van der Waals surface area (Å²) in [6, 6.07) is -0.230. The first kappa shape index (κ1) is 20.1. The number of thioether (sulfide) groups is 1. The Hall–Kier alpha value is -1.62. The number of ether oxygens (including phenoxy) is 1. The van der Waals surface area contributed by atoms with Gasteiger partial charge in [-0.2, -0.15) is 0 Å². The quantitative estimate of drug-likeness (QED) is 0.385. The van der Waals surface area contributed by atoms with E-state index in [1.807, 2.05) is 6.92 Å². The molecular weight excluding hydrogens is 374 g/mol. The first-order valence-electron chi connectivity index (χ1n) is 8.97. The number of carboxylic acid groups (broad SMARTS) is 1. The fourth-order valence-corrected chi connectivity index (χ4v) is 5.68. The van der Waals surface area contributed by atoms with E-state index in [-0.39, 0.29) is 41.5 Å². The fourth-order valence-electron chi connectivity index (χ4n) is 4.16. The summed E-state index contributed by atoms with van der Waals surface area (Å²) in [7, 11) is 0. The molecule has 3 aliphatic rings. The zero-order chi connectivity index (χ0) is 19.9. The van der Waals surface area contributed by atoms with Gasteiger partial charge < -0.3 is 30.9 Å². The number of rotatable bonds is 8. The molecule has 3 aliphatic heterocycles. The van der Waals surface area contributed by atoms with Crippen LogP contribution >= 0.6 is 11.8 Å². The average Bonchev–Trinajstić information content (AvgIpc) is 3.09. The van der Waals surface area contributed by atoms with Crippen LogP contribution in [0, 0.1) is 11.8 Å². The first-order valence-corrected chi connectivity index (χ1v) is 9.85. The fraction of sp³-hybridized carbons (Fsp3) is 0.706. The second-order valence-electron chi connectivity index (χ2n) is 7.33. The number of nitrogens with zero attached hydrogens (tertiary/aromatic N) is 1. The van der Waals surface area contributed by atoms with Crippen molar-refractivity contribution in [1.29, 1.82) is 0 Å². The van der Waals surface area contributed by atoms with Crippen molar-refractivity contribution >= 4 is 29.5 Å². The number of aliphatic hydroxyl groups excluding tert-OH is 1. The Balaban J connectivity index is 1.66. The van der Waals surface area contributed by atoms with Gasteiger partial charge in [-0.1, -0.05) is 6.92 Å². The van der Waals surface area contributed by atoms with Crippen LogP contribution in [-0.4, -0.2) is 76.1 Å². The van der Waals surface area contributed by atoms with Gasteiger partial charge in [0.25, 0.3) is 0 Å². The number of carbonyl (C=O) groups is 3. The number of carboxylic acids is 1. The van der Waals surface area contributed by atoms with Crippen molar-refractivity contribution in [2.24, 2.45) is 17.6 Å². The van der Waals surface area contributed by atoms with Gasteiger partial charge in [0.05, 0.1) is 24.7 Å². The van der Waals surface area contributed by atoms with Crippen LogP contribution in [0.15, 0.2) is 10.6 Å². The Kier molecular flexibility index (Phi) is 5.80. The van der Waals surface area contributed by atoms with Crippen molar-refractivity contribution in [3.05, 3.63) is 10.6 Å². The number of aliphatic carboxylic acids is 1. The molecule has 2 fully saturated rings. The Morgan fingerprint density at radius 2 is 2.19 bits per heavy atom. The minimum atomic E-state index is -1.11. The molecule has 0 spiro atoms. The predicted molar refractivity (Wildman–Crippen MR) is 97.4 cm³/mol. The van der Waals surface area contributed by atoms with Crippen LogP contribution in [0.5, 0.6) is 0 Å². The SMILES string of the molecule is C[C@@H](O)[C@H]1C(=O)N2C(C(=O)O)=C(S[C@@H]3CN[C@H](COCC(N)=O)C3)[C@H](C)[C@H]12. The minimum Gasteiger partial charge on any atom is -0.477 e. The van der Waals surface area contributed by atoms with Crippen molar-refractivity contribution in [2.75, 3.05) is 19.8 Å². The first-order chi connectivity index (χ1) is 12.7. The molecular formula is C17H25N3O6S. The molecule has 2 saturated heterocycles. The van der Waals surface area contributed by atoms with E-state index in [2.05, 4.69) is 5.32 Å². The smallest absolute Gasteiger partial charge is 0.353 e. The molecule has 2 amide bonds. The third kappa shape index (κ3) is 3.71. The number of carbonyl (C=O) groups excluding carboxylic acids is 2. The summed E-state index contributed by atoms with van der Waals surface area (Å²) in [5, 5.41) is 23.0. The zero-order valence-corrected chi connectivity index (χ0v) is 16.1. The van der Waals surface area contributed by atoms with Gasteiger partial charge in [0, 0.05) is 28.7 Å². The minimum absolute atomic E-state index is 0.0489. The number of nitrogens with two attached hydrogens (primary N) is 1. The van der Waals surface area contributed by atoms with E-state index < -0.39 is 23.9 Å². The number of amides is 2. The molecule has 0 radical (unpaired) electrons. The maximum atomic E-state index is 12.3. The maximum absolute atomic E-state index is 12.3. The number of aliphatic hydroxyl groups is 1. The van der Waals surface area contributed by atoms with Crippen molar-refractivity contribution in [3.63, 3.8) is 0 Å². The average molecular weight is 399 g/mol. The van der Waals surface area contributed by atoms with E-state index in [1.165, 1.54) is 16.7 Å². The van der Waals surface area contributed by atoms with Crippen molar-refractivity contribution in [1.82, 2.24) is 10.2 Å². The molecule has 0 saturated carbocycles. The molecule has 0 aliphatic carbocycles. The summed E-state index contributed by atoms with van der Waals surface area (Å²) in [5.74, 6) is -2.64. The van der Waals surface area contributed by atoms with Gasteiger partial charge >= 0.3 is 5.97 Å². The molecule has 9 nitrogen and oxygen atoms in total. The molecule has 3 rings (SSSR count). The molecule has 0 aromatic heterocycles. The van der Waals surface area contributed by atoms with E-state index in [0.29, 0.717) is 18.1 Å². The highest BCUT2D eigenvalue weighted by Crippen LogP contribution is 2.51. The molecule has 150 valence electrons. The van der Waals surface area contributed by atoms with Gasteiger partial charge in [0.15, 0.2) is 0 Å². The summed E-state index contributed by atoms with van der Waals surface area (Å²) in [5.41, 5.74) is 5.10. The third-order valence-corrected chi connectivity index (χ3v) is 6.86. The van der Waals surface area contributed by atoms with E-state index in [0.717, 1.165) is 6.42 Å². The van der Waals surface area contributed by atoms with Crippen LogP contribution in [0.3, 0.4) is 0 Å². The summed E-state index contributed by atoms with van der Waals surface area (Å²) < 4.78 is 5.24. The van der Waals surface area contributed by atoms with Crippen molar-refractivity contribution in [3.8, 4) is 0 Å². The Morgan fingerprint density at radius 3 is 2.78 bits per heavy atom. The largest absolute Gasteiger partial charge is 0.477 e. The standard InChI is InChI=1S/C17H25N3O6S/c1-7-13-12(8(2)21)16(23)20(13)14(17(24)25)15(7)27-10-3-9(19-4-10)5-26-6-11(18)22/h7-10,12-13,19,21H,3-6H2,1-2H3,(H2,18,22)(H,24,25)/t7-,8-,9+,10+,12-,13-/m1/s1. The van der Waals surface area contributed by atoms with Crippen LogP contribution in [0.1, 0.15) is 20.3 Å². The maximum Gasteiger partial charge on any atom is 0.353 e. The molecule has 0 bridgehead atoms. The molecule has 5 N–H and O–H groups in total. The lowest BCUT2D eigenvalue weighted by Gasteiger charge is -2.46. The van der Waals surface area contributed by atoms with E-state index >= 15 is 0 Å². The van der Waals surface area contributed by atoms with Gasteiger partial charge in [-0.25, -0.2) is 4.79 Å². The van der Waals surface area contributed by atoms with Gasteiger partial charge in [0.2, 0.25) is 11.8 Å². The van der Waals surface area contributed by atoms with Crippen LogP contribution in [0.2, 0.25) is 0 Å². The molecule has 3 heterocycles. The van der Waals surface area contributed by atoms with Crippen LogP contribution in [0.4, 0.5) is 0 Å². The van der Waals surface area contributed by atoms with Gasteiger partial charge in [0.1, 0.15) is 12.3 Å². The van der Waals surface area contributed by atoms with E-state index in [1.54, 1.807) is 6.92 Å². The second kappa shape index (κ2) is 7.78. The van der Waals surface area contributed by atoms with E-state index in [4.69, 9.17) is 10.5 Å². The highest BCUT2D eigenvalue weighted by Gasteiger charge is 2.60. The number of hydrogen-bond donors (Lipinski definition) is 4. The summed E-state index contributed by atoms with van der Waals surface area (Å²) in [6.45, 7) is 4.39. The Bertz CT molecular complexity index is 682. The Labute approximate surface area is 161 Å². The molecule has 0 aromatic carbocycles. The molecule has 6 atom stereocenters. The Morgan fingerprint density at radius 1 is 1.48 bits per heavy atom. The molecule has 0 aromatic rings. The molecule has 10 heteroatoms. The highest BCUT2D eigenvalue weighted by atomic mass is 32.2. The number of primary amides is 1. The topological polar surface area (TPSA) is 142 Å². The van der Waals surface area contributed by atoms with Crippen LogP contribution in [-0.2, 0) is 19.1 Å². The van der Waals surface area contributed by atoms with Gasteiger partial charge in [-0.3, -0.25) is 9.59 Å². The molecule has 27 heavy (non-hydrogen) atoms. The van der Waals surface area contributed by atoms with Crippen LogP contribution in [0.25, 0.3) is 0 Å². The number of fused-ring (bicyclic) bond motifs is 1. The van der Waals surface area contributed by atoms with Crippen LogP contribution < -0.4 is 11.1 Å². The zero-order valence-electron chi connectivity index (χ0n) is 15.3. The lowest BCUT2D eigenvalue weighted by atomic mass is 9.79. The number of β-lactam (4-membered cyclic amide) rings is 1. The second-order valence-corrected chi connectivity index (χ2v) is 8.68. The summed E-state index contributed by atoms with van der Waals surface area (Å²) in [4.78, 5) is 36.9. The van der Waals surface area contributed by atoms with E-state index in [9.17, 15) is 24.6 Å². The number of nitrogens with one attached hydrogen (secondary N) is 1. The van der Waals surface area contributed by atoms with Crippen molar-refractivity contribution < 1.29 is 29.3 Å². The lowest BCUT2D eigenvalue weighted by molar-refractivity contribution is -0.163. The third-order valence-electron chi connectivity index (χ3n) is 5.35. The van der Waals surface area contributed by atoms with Gasteiger partial charge in [-0.05, 0) is 13.3 Å².